The van der Waals surface area contributed by atoms with Crippen molar-refractivity contribution in [2.45, 2.75) is 33.6 Å². The van der Waals surface area contributed by atoms with Gasteiger partial charge < -0.3 is 0 Å². The van der Waals surface area contributed by atoms with Crippen molar-refractivity contribution in [2.24, 2.45) is 5.92 Å². The van der Waals surface area contributed by atoms with Crippen LogP contribution < -0.4 is 0 Å². The fourth-order valence-corrected chi connectivity index (χ4v) is 0.596. The Hall–Kier alpha value is -0.260. The van der Waals surface area contributed by atoms with Gasteiger partial charge in [-0.3, -0.25) is 0 Å². The number of hydrogen-bond donors (Lipinski definition) is 0. The zero-order valence-electron chi connectivity index (χ0n) is 6.15. The predicted molar refractivity (Wildman–Crippen MR) is 38.9 cm³/mol. The summed E-state index contributed by atoms with van der Waals surface area (Å²) >= 11 is 0. The highest BCUT2D eigenvalue weighted by molar-refractivity contribution is 4.76. The molecule has 48 valence electrons. The third-order valence-corrected chi connectivity index (χ3v) is 1.15. The maximum Gasteiger partial charge on any atom is -0.0348 e. The first-order valence-electron chi connectivity index (χ1n) is 3.38. The highest BCUT2D eigenvalue weighted by Crippen LogP contribution is 2.02. The minimum absolute atomic E-state index is 0.853. The number of hydrogen-bond acceptors (Lipinski definition) is 0. The molecule has 0 spiro atoms. The zero-order chi connectivity index (χ0) is 6.41. The van der Waals surface area contributed by atoms with Gasteiger partial charge in [-0.2, -0.15) is 0 Å². The molecule has 8 heavy (non-hydrogen) atoms. The molecule has 0 radical (unpaired) electrons. The van der Waals surface area contributed by atoms with Gasteiger partial charge in [-0.25, -0.2) is 0 Å². The summed E-state index contributed by atoms with van der Waals surface area (Å²) in [6.07, 6.45) is 6.90. The van der Waals surface area contributed by atoms with Crippen LogP contribution >= 0.6 is 0 Å². The van der Waals surface area contributed by atoms with Crippen LogP contribution in [0.25, 0.3) is 0 Å². The summed E-state index contributed by atoms with van der Waals surface area (Å²) in [5, 5.41) is 0. The molecule has 0 nitrogen and oxygen atoms in total. The molecule has 0 saturated heterocycles. The molecule has 0 aromatic heterocycles. The third-order valence-electron chi connectivity index (χ3n) is 1.15. The Bertz CT molecular complexity index is 60.4. The minimum Gasteiger partial charge on any atom is -0.0917 e. The highest BCUT2D eigenvalue weighted by Gasteiger charge is 1.87. The van der Waals surface area contributed by atoms with Gasteiger partial charge >= 0.3 is 0 Å². The van der Waals surface area contributed by atoms with E-state index >= 15 is 0 Å². The van der Waals surface area contributed by atoms with Crippen molar-refractivity contribution in [3.8, 4) is 0 Å². The van der Waals surface area contributed by atoms with Crippen molar-refractivity contribution in [2.75, 3.05) is 0 Å². The fraction of sp³-hybridized carbons (Fsp3) is 0.750. The van der Waals surface area contributed by atoms with Gasteiger partial charge in [0.2, 0.25) is 0 Å². The van der Waals surface area contributed by atoms with Crippen molar-refractivity contribution in [1.82, 2.24) is 0 Å². The molecule has 0 aromatic carbocycles. The number of allylic oxidation sites excluding steroid dienone is 2. The van der Waals surface area contributed by atoms with E-state index in [1.54, 1.807) is 0 Å². The Labute approximate surface area is 52.6 Å². The van der Waals surface area contributed by atoms with E-state index in [1.807, 2.05) is 0 Å². The molecule has 0 amide bonds. The second-order valence-corrected chi connectivity index (χ2v) is 2.54. The van der Waals surface area contributed by atoms with Crippen LogP contribution in [0.5, 0.6) is 0 Å². The van der Waals surface area contributed by atoms with Gasteiger partial charge in [0, 0.05) is 0 Å². The molecular formula is C8H16. The van der Waals surface area contributed by atoms with Gasteiger partial charge in [-0.15, -0.1) is 0 Å². The molecule has 0 heteroatoms. The highest BCUT2D eigenvalue weighted by atomic mass is 13.9. The van der Waals surface area contributed by atoms with Crippen LogP contribution in [-0.2, 0) is 0 Å². The van der Waals surface area contributed by atoms with E-state index in [9.17, 15) is 0 Å². The van der Waals surface area contributed by atoms with Gasteiger partial charge in [-0.05, 0) is 25.7 Å². The lowest BCUT2D eigenvalue weighted by Gasteiger charge is -1.97. The lowest BCUT2D eigenvalue weighted by atomic mass is 10.1. The quantitative estimate of drug-likeness (QED) is 0.492. The maximum absolute atomic E-state index is 2.25. The third kappa shape index (κ3) is 5.74. The van der Waals surface area contributed by atoms with Crippen LogP contribution in [0.4, 0.5) is 0 Å². The molecule has 0 aliphatic heterocycles. The smallest absolute Gasteiger partial charge is 0.0348 e. The Kier molecular flexibility index (Phi) is 4.73. The molecule has 0 atom stereocenters. The fourth-order valence-electron chi connectivity index (χ4n) is 0.596. The van der Waals surface area contributed by atoms with E-state index in [0.29, 0.717) is 0 Å². The first-order chi connectivity index (χ1) is 3.77. The Balaban J connectivity index is 2.93. The van der Waals surface area contributed by atoms with E-state index in [1.165, 1.54) is 12.8 Å². The molecule has 0 rings (SSSR count). The Morgan fingerprint density at radius 3 is 2.38 bits per heavy atom. The van der Waals surface area contributed by atoms with Crippen LogP contribution in [0.15, 0.2) is 12.2 Å². The summed E-state index contributed by atoms with van der Waals surface area (Å²) in [7, 11) is 0. The second-order valence-electron chi connectivity index (χ2n) is 2.54. The normalized spacial score (nSPS) is 11.5. The molecule has 0 N–H and O–H groups in total. The van der Waals surface area contributed by atoms with Gasteiger partial charge in [0.25, 0.3) is 0 Å². The predicted octanol–water partition coefficient (Wildman–Crippen LogP) is 3.00. The SMILES string of the molecule is C/C=C/CCC(C)C. The topological polar surface area (TPSA) is 0 Å². The van der Waals surface area contributed by atoms with Crippen LogP contribution in [0.2, 0.25) is 0 Å². The minimum atomic E-state index is 0.853. The van der Waals surface area contributed by atoms with Crippen LogP contribution in [0, 0.1) is 5.92 Å². The van der Waals surface area contributed by atoms with E-state index in [0.717, 1.165) is 5.92 Å². The number of rotatable bonds is 3. The molecule has 0 unspecified atom stereocenters. The van der Waals surface area contributed by atoms with Crippen molar-refractivity contribution in [1.29, 1.82) is 0 Å². The Morgan fingerprint density at radius 1 is 1.38 bits per heavy atom. The molecule has 0 aliphatic rings. The van der Waals surface area contributed by atoms with Crippen LogP contribution in [0.3, 0.4) is 0 Å². The van der Waals surface area contributed by atoms with Crippen molar-refractivity contribution >= 4 is 0 Å². The summed E-state index contributed by atoms with van der Waals surface area (Å²) in [5.74, 6) is 0.853. The van der Waals surface area contributed by atoms with Gasteiger partial charge in [0.15, 0.2) is 0 Å². The monoisotopic (exact) mass is 112 g/mol. The van der Waals surface area contributed by atoms with Crippen molar-refractivity contribution < 1.29 is 0 Å². The average molecular weight is 112 g/mol. The van der Waals surface area contributed by atoms with E-state index in [4.69, 9.17) is 0 Å². The summed E-state index contributed by atoms with van der Waals surface area (Å²) in [5.41, 5.74) is 0. The van der Waals surface area contributed by atoms with Crippen LogP contribution in [0.1, 0.15) is 33.6 Å². The van der Waals surface area contributed by atoms with E-state index in [-0.39, 0.29) is 0 Å². The zero-order valence-corrected chi connectivity index (χ0v) is 6.15. The molecule has 0 fully saturated rings. The first kappa shape index (κ1) is 7.74. The maximum atomic E-state index is 2.25. The van der Waals surface area contributed by atoms with Gasteiger partial charge in [0.05, 0.1) is 0 Å². The summed E-state index contributed by atoms with van der Waals surface area (Å²) in [4.78, 5) is 0. The molecule has 0 aromatic rings. The van der Waals surface area contributed by atoms with Gasteiger partial charge in [-0.1, -0.05) is 26.0 Å². The second kappa shape index (κ2) is 4.89. The van der Waals surface area contributed by atoms with E-state index in [2.05, 4.69) is 32.9 Å². The first-order valence-corrected chi connectivity index (χ1v) is 3.38. The summed E-state index contributed by atoms with van der Waals surface area (Å²) in [6.45, 7) is 6.58. The lowest BCUT2D eigenvalue weighted by molar-refractivity contribution is 0.594. The van der Waals surface area contributed by atoms with Crippen LogP contribution in [-0.4, -0.2) is 0 Å². The average Bonchev–Trinajstić information content (AvgIpc) is 1.66. The standard InChI is InChI=1S/C8H16/c1-4-5-6-7-8(2)3/h4-5,8H,6-7H2,1-3H3/b5-4+. The largest absolute Gasteiger partial charge is 0.0917 e. The van der Waals surface area contributed by atoms with Crippen molar-refractivity contribution in [3.63, 3.8) is 0 Å². The molecule has 0 aliphatic carbocycles. The molecule has 0 saturated carbocycles. The molecule has 0 bridgehead atoms. The summed E-state index contributed by atoms with van der Waals surface area (Å²) < 4.78 is 0. The van der Waals surface area contributed by atoms with Gasteiger partial charge in [0.1, 0.15) is 0 Å². The molecule has 0 heterocycles. The van der Waals surface area contributed by atoms with E-state index < -0.39 is 0 Å². The van der Waals surface area contributed by atoms with Crippen molar-refractivity contribution in [3.05, 3.63) is 12.2 Å². The Morgan fingerprint density at radius 2 is 2.00 bits per heavy atom. The molecular weight excluding hydrogens is 96.1 g/mol. The lowest BCUT2D eigenvalue weighted by Crippen LogP contribution is -1.82. The summed E-state index contributed by atoms with van der Waals surface area (Å²) in [6, 6.07) is 0.